The van der Waals surface area contributed by atoms with Crippen molar-refractivity contribution in [1.82, 2.24) is 20.1 Å². The third-order valence-electron chi connectivity index (χ3n) is 4.18. The zero-order chi connectivity index (χ0) is 18.5. The summed E-state index contributed by atoms with van der Waals surface area (Å²) in [6.07, 6.45) is 6.38. The summed E-state index contributed by atoms with van der Waals surface area (Å²) < 4.78 is 15.0. The van der Waals surface area contributed by atoms with Crippen LogP contribution in [0.2, 0.25) is 0 Å². The lowest BCUT2D eigenvalue weighted by atomic mass is 10.1. The molecule has 0 bridgehead atoms. The van der Waals surface area contributed by atoms with Gasteiger partial charge in [-0.1, -0.05) is 18.2 Å². The van der Waals surface area contributed by atoms with E-state index < -0.39 is 0 Å². The number of rotatable bonds is 6. The minimum Gasteiger partial charge on any atom is -0.352 e. The van der Waals surface area contributed by atoms with Crippen molar-refractivity contribution in [3.63, 3.8) is 0 Å². The Kier molecular flexibility index (Phi) is 5.41. The van der Waals surface area contributed by atoms with Gasteiger partial charge in [-0.3, -0.25) is 14.5 Å². The van der Waals surface area contributed by atoms with E-state index in [4.69, 9.17) is 0 Å². The van der Waals surface area contributed by atoms with E-state index in [1.165, 1.54) is 6.07 Å². The predicted molar refractivity (Wildman–Crippen MR) is 97.7 cm³/mol. The van der Waals surface area contributed by atoms with Crippen molar-refractivity contribution in [2.75, 3.05) is 0 Å². The van der Waals surface area contributed by atoms with Crippen molar-refractivity contribution in [3.05, 3.63) is 71.4 Å². The first-order valence-corrected chi connectivity index (χ1v) is 8.47. The molecule has 5 nitrogen and oxygen atoms in total. The summed E-state index contributed by atoms with van der Waals surface area (Å²) in [5, 5.41) is 7.02. The van der Waals surface area contributed by atoms with E-state index in [0.717, 1.165) is 22.4 Å². The van der Waals surface area contributed by atoms with Crippen LogP contribution in [0.25, 0.3) is 11.3 Å². The molecule has 0 saturated carbocycles. The first-order valence-electron chi connectivity index (χ1n) is 8.47. The lowest BCUT2D eigenvalue weighted by Gasteiger charge is -2.07. The van der Waals surface area contributed by atoms with Crippen molar-refractivity contribution in [1.29, 1.82) is 0 Å². The number of amides is 1. The highest BCUT2D eigenvalue weighted by atomic mass is 19.1. The van der Waals surface area contributed by atoms with Gasteiger partial charge in [-0.25, -0.2) is 4.39 Å². The standard InChI is InChI=1S/C20H21FN4O/c1-14-9-15(3-6-18(14)21)5-8-20(26)23-11-16-4-7-19(22-10-16)17-12-24-25(2)13-17/h3-4,6-7,9-10,12-13H,5,8,11H2,1-2H3,(H,23,26). The molecular formula is C20H21FN4O. The van der Waals surface area contributed by atoms with Crippen LogP contribution in [0.5, 0.6) is 0 Å². The Bertz CT molecular complexity index is 902. The number of halogens is 1. The molecule has 26 heavy (non-hydrogen) atoms. The molecule has 2 aromatic heterocycles. The van der Waals surface area contributed by atoms with E-state index in [9.17, 15) is 9.18 Å². The highest BCUT2D eigenvalue weighted by Crippen LogP contribution is 2.15. The lowest BCUT2D eigenvalue weighted by Crippen LogP contribution is -2.23. The molecule has 0 unspecified atom stereocenters. The smallest absolute Gasteiger partial charge is 0.220 e. The summed E-state index contributed by atoms with van der Waals surface area (Å²) >= 11 is 0. The van der Waals surface area contributed by atoms with Crippen LogP contribution in [0.3, 0.4) is 0 Å². The van der Waals surface area contributed by atoms with Crippen LogP contribution in [0.4, 0.5) is 4.39 Å². The molecule has 1 aromatic carbocycles. The number of aromatic nitrogens is 3. The summed E-state index contributed by atoms with van der Waals surface area (Å²) in [6.45, 7) is 2.16. The molecule has 3 aromatic rings. The Hall–Kier alpha value is -3.02. The Labute approximate surface area is 151 Å². The number of carbonyl (C=O) groups excluding carboxylic acids is 1. The highest BCUT2D eigenvalue weighted by Gasteiger charge is 2.06. The first kappa shape index (κ1) is 17.8. The quantitative estimate of drug-likeness (QED) is 0.741. The second kappa shape index (κ2) is 7.91. The van der Waals surface area contributed by atoms with Crippen molar-refractivity contribution < 1.29 is 9.18 Å². The molecule has 0 spiro atoms. The fourth-order valence-corrected chi connectivity index (χ4v) is 2.66. The SMILES string of the molecule is Cc1cc(CCC(=O)NCc2ccc(-c3cnn(C)c3)nc2)ccc1F. The zero-order valence-electron chi connectivity index (χ0n) is 14.9. The Morgan fingerprint density at radius 2 is 2.00 bits per heavy atom. The van der Waals surface area contributed by atoms with Gasteiger partial charge < -0.3 is 5.32 Å². The third-order valence-corrected chi connectivity index (χ3v) is 4.18. The second-order valence-electron chi connectivity index (χ2n) is 6.31. The zero-order valence-corrected chi connectivity index (χ0v) is 14.9. The van der Waals surface area contributed by atoms with Crippen LogP contribution in [0, 0.1) is 12.7 Å². The molecule has 0 radical (unpaired) electrons. The monoisotopic (exact) mass is 352 g/mol. The average molecular weight is 352 g/mol. The van der Waals surface area contributed by atoms with E-state index in [0.29, 0.717) is 24.9 Å². The topological polar surface area (TPSA) is 59.8 Å². The van der Waals surface area contributed by atoms with E-state index in [-0.39, 0.29) is 11.7 Å². The number of nitrogens with one attached hydrogen (secondary N) is 1. The molecule has 0 fully saturated rings. The molecule has 6 heteroatoms. The van der Waals surface area contributed by atoms with Gasteiger partial charge in [-0.05, 0) is 42.2 Å². The van der Waals surface area contributed by atoms with Crippen LogP contribution >= 0.6 is 0 Å². The largest absolute Gasteiger partial charge is 0.352 e. The molecule has 0 aliphatic carbocycles. The third kappa shape index (κ3) is 4.53. The maximum absolute atomic E-state index is 13.3. The van der Waals surface area contributed by atoms with Crippen molar-refractivity contribution in [2.24, 2.45) is 7.05 Å². The number of carbonyl (C=O) groups is 1. The molecule has 1 N–H and O–H groups in total. The Morgan fingerprint density at radius 1 is 1.19 bits per heavy atom. The maximum atomic E-state index is 13.3. The summed E-state index contributed by atoms with van der Waals surface area (Å²) in [5.41, 5.74) is 4.30. The minimum absolute atomic E-state index is 0.0386. The molecular weight excluding hydrogens is 331 g/mol. The fourth-order valence-electron chi connectivity index (χ4n) is 2.66. The molecule has 1 amide bonds. The molecule has 134 valence electrons. The van der Waals surface area contributed by atoms with Crippen LogP contribution in [-0.2, 0) is 24.8 Å². The van der Waals surface area contributed by atoms with Gasteiger partial charge in [0.1, 0.15) is 5.82 Å². The Balaban J connectivity index is 1.48. The van der Waals surface area contributed by atoms with E-state index >= 15 is 0 Å². The number of aryl methyl sites for hydroxylation is 3. The highest BCUT2D eigenvalue weighted by molar-refractivity contribution is 5.76. The average Bonchev–Trinajstić information content (AvgIpc) is 3.08. The van der Waals surface area contributed by atoms with E-state index in [2.05, 4.69) is 15.4 Å². The van der Waals surface area contributed by atoms with Gasteiger partial charge >= 0.3 is 0 Å². The first-order chi connectivity index (χ1) is 12.5. The van der Waals surface area contributed by atoms with Gasteiger partial charge in [0, 0.05) is 38.0 Å². The molecule has 2 heterocycles. The van der Waals surface area contributed by atoms with E-state index in [1.807, 2.05) is 25.4 Å². The van der Waals surface area contributed by atoms with Crippen molar-refractivity contribution >= 4 is 5.91 Å². The van der Waals surface area contributed by atoms with Gasteiger partial charge in [0.05, 0.1) is 11.9 Å². The lowest BCUT2D eigenvalue weighted by molar-refractivity contribution is -0.121. The maximum Gasteiger partial charge on any atom is 0.220 e. The summed E-state index contributed by atoms with van der Waals surface area (Å²) in [6, 6.07) is 8.80. The Morgan fingerprint density at radius 3 is 2.65 bits per heavy atom. The molecule has 0 aliphatic rings. The predicted octanol–water partition coefficient (Wildman–Crippen LogP) is 3.18. The van der Waals surface area contributed by atoms with Crippen LogP contribution in [0.15, 0.2) is 48.9 Å². The summed E-state index contributed by atoms with van der Waals surface area (Å²) in [5.74, 6) is -0.260. The molecule has 3 rings (SSSR count). The van der Waals surface area contributed by atoms with Gasteiger partial charge in [0.2, 0.25) is 5.91 Å². The van der Waals surface area contributed by atoms with Crippen LogP contribution in [0.1, 0.15) is 23.1 Å². The number of benzene rings is 1. The van der Waals surface area contributed by atoms with Gasteiger partial charge in [-0.2, -0.15) is 5.10 Å². The number of hydrogen-bond acceptors (Lipinski definition) is 3. The van der Waals surface area contributed by atoms with Crippen LogP contribution < -0.4 is 5.32 Å². The van der Waals surface area contributed by atoms with E-state index in [1.54, 1.807) is 36.1 Å². The van der Waals surface area contributed by atoms with Gasteiger partial charge in [-0.15, -0.1) is 0 Å². The van der Waals surface area contributed by atoms with Crippen molar-refractivity contribution in [2.45, 2.75) is 26.3 Å². The molecule has 0 aliphatic heterocycles. The fraction of sp³-hybridized carbons (Fsp3) is 0.250. The molecule has 0 saturated heterocycles. The van der Waals surface area contributed by atoms with Crippen LogP contribution in [-0.4, -0.2) is 20.7 Å². The number of nitrogens with zero attached hydrogens (tertiary/aromatic N) is 3. The normalized spacial score (nSPS) is 10.7. The molecule has 0 atom stereocenters. The summed E-state index contributed by atoms with van der Waals surface area (Å²) in [4.78, 5) is 16.4. The van der Waals surface area contributed by atoms with Crippen molar-refractivity contribution in [3.8, 4) is 11.3 Å². The second-order valence-corrected chi connectivity index (χ2v) is 6.31. The van der Waals surface area contributed by atoms with Gasteiger partial charge in [0.15, 0.2) is 0 Å². The summed E-state index contributed by atoms with van der Waals surface area (Å²) in [7, 11) is 1.86. The minimum atomic E-state index is -0.222. The number of pyridine rings is 1. The van der Waals surface area contributed by atoms with Gasteiger partial charge in [0.25, 0.3) is 0 Å². The number of hydrogen-bond donors (Lipinski definition) is 1.